The van der Waals surface area contributed by atoms with Gasteiger partial charge in [0.15, 0.2) is 0 Å². The zero-order valence-corrected chi connectivity index (χ0v) is 10.4. The van der Waals surface area contributed by atoms with Gasteiger partial charge in [-0.05, 0) is 31.5 Å². The predicted octanol–water partition coefficient (Wildman–Crippen LogP) is 2.96. The summed E-state index contributed by atoms with van der Waals surface area (Å²) in [5.41, 5.74) is 0.940. The second-order valence-electron chi connectivity index (χ2n) is 4.17. The quantitative estimate of drug-likeness (QED) is 0.768. The molecule has 0 aromatic heterocycles. The number of benzene rings is 1. The molecule has 1 heterocycles. The van der Waals surface area contributed by atoms with Gasteiger partial charge in [-0.1, -0.05) is 6.58 Å². The molecule has 1 aromatic rings. The number of ether oxygens (including phenoxy) is 1. The topological polar surface area (TPSA) is 29.5 Å². The molecule has 0 saturated carbocycles. The molecule has 96 valence electrons. The van der Waals surface area contributed by atoms with Crippen molar-refractivity contribution in [2.24, 2.45) is 0 Å². The lowest BCUT2D eigenvalue weighted by atomic mass is 10.1. The highest BCUT2D eigenvalue weighted by Crippen LogP contribution is 2.26. The number of anilines is 1. The number of carbonyl (C=O) groups excluding carboxylic acids is 1. The van der Waals surface area contributed by atoms with E-state index < -0.39 is 5.82 Å². The van der Waals surface area contributed by atoms with Crippen molar-refractivity contribution < 1.29 is 13.9 Å². The molecule has 0 spiro atoms. The number of halogens is 1. The summed E-state index contributed by atoms with van der Waals surface area (Å²) in [6.45, 7) is 6.60. The zero-order valence-electron chi connectivity index (χ0n) is 10.4. The maximum atomic E-state index is 13.9. The molecule has 4 heteroatoms. The van der Waals surface area contributed by atoms with E-state index in [-0.39, 0.29) is 5.91 Å². The monoisotopic (exact) mass is 249 g/mol. The van der Waals surface area contributed by atoms with Gasteiger partial charge in [0.25, 0.3) is 0 Å². The lowest BCUT2D eigenvalue weighted by Crippen LogP contribution is -2.23. The number of amides is 1. The van der Waals surface area contributed by atoms with E-state index in [0.29, 0.717) is 36.6 Å². The standard InChI is InChI=1S/C14H16FNO2/c1-3-18-10(2)12-7-6-11(9-13(12)15)16-8-4-5-14(16)17/h6-7,9H,2-5,8H2,1H3. The van der Waals surface area contributed by atoms with Crippen LogP contribution in [0.15, 0.2) is 24.8 Å². The first-order chi connectivity index (χ1) is 8.63. The number of nitrogens with zero attached hydrogens (tertiary/aromatic N) is 1. The Bertz CT molecular complexity index is 485. The molecule has 0 bridgehead atoms. The molecule has 1 aromatic carbocycles. The van der Waals surface area contributed by atoms with Gasteiger partial charge >= 0.3 is 0 Å². The summed E-state index contributed by atoms with van der Waals surface area (Å²) < 4.78 is 19.1. The highest BCUT2D eigenvalue weighted by molar-refractivity contribution is 5.95. The molecule has 1 saturated heterocycles. The van der Waals surface area contributed by atoms with E-state index in [1.807, 2.05) is 6.92 Å². The molecule has 0 radical (unpaired) electrons. The molecule has 1 amide bonds. The Morgan fingerprint density at radius 1 is 1.56 bits per heavy atom. The number of rotatable bonds is 4. The Labute approximate surface area is 106 Å². The normalized spacial score (nSPS) is 15.0. The van der Waals surface area contributed by atoms with Gasteiger partial charge in [0, 0.05) is 18.7 Å². The third kappa shape index (κ3) is 2.37. The second kappa shape index (κ2) is 5.21. The highest BCUT2D eigenvalue weighted by atomic mass is 19.1. The van der Waals surface area contributed by atoms with E-state index in [9.17, 15) is 9.18 Å². The van der Waals surface area contributed by atoms with Gasteiger partial charge in [0.1, 0.15) is 11.6 Å². The molecule has 0 N–H and O–H groups in total. The van der Waals surface area contributed by atoms with Crippen LogP contribution in [0.3, 0.4) is 0 Å². The maximum Gasteiger partial charge on any atom is 0.227 e. The number of hydrogen-bond donors (Lipinski definition) is 0. The molecular weight excluding hydrogens is 233 g/mol. The highest BCUT2D eigenvalue weighted by Gasteiger charge is 2.22. The lowest BCUT2D eigenvalue weighted by Gasteiger charge is -2.17. The Morgan fingerprint density at radius 2 is 2.33 bits per heavy atom. The fourth-order valence-corrected chi connectivity index (χ4v) is 2.07. The van der Waals surface area contributed by atoms with Crippen LogP contribution in [0.2, 0.25) is 0 Å². The van der Waals surface area contributed by atoms with Gasteiger partial charge in [0.2, 0.25) is 5.91 Å². The van der Waals surface area contributed by atoms with Gasteiger partial charge in [-0.25, -0.2) is 4.39 Å². The first-order valence-corrected chi connectivity index (χ1v) is 6.05. The average Bonchev–Trinajstić information content (AvgIpc) is 2.75. The smallest absolute Gasteiger partial charge is 0.227 e. The van der Waals surface area contributed by atoms with Crippen molar-refractivity contribution in [3.8, 4) is 0 Å². The predicted molar refractivity (Wildman–Crippen MR) is 68.6 cm³/mol. The molecule has 2 rings (SSSR count). The van der Waals surface area contributed by atoms with E-state index in [0.717, 1.165) is 6.42 Å². The van der Waals surface area contributed by atoms with Crippen LogP contribution in [0.5, 0.6) is 0 Å². The number of carbonyl (C=O) groups is 1. The SMILES string of the molecule is C=C(OCC)c1ccc(N2CCCC2=O)cc1F. The summed E-state index contributed by atoms with van der Waals surface area (Å²) in [6.07, 6.45) is 1.36. The van der Waals surface area contributed by atoms with Gasteiger partial charge in [-0.15, -0.1) is 0 Å². The van der Waals surface area contributed by atoms with E-state index in [4.69, 9.17) is 4.74 Å². The largest absolute Gasteiger partial charge is 0.494 e. The fraction of sp³-hybridized carbons (Fsp3) is 0.357. The Hall–Kier alpha value is -1.84. The minimum absolute atomic E-state index is 0.0470. The van der Waals surface area contributed by atoms with Crippen LogP contribution in [-0.4, -0.2) is 19.1 Å². The van der Waals surface area contributed by atoms with Gasteiger partial charge in [-0.2, -0.15) is 0 Å². The average molecular weight is 249 g/mol. The van der Waals surface area contributed by atoms with Crippen LogP contribution >= 0.6 is 0 Å². The summed E-state index contributed by atoms with van der Waals surface area (Å²) >= 11 is 0. The first kappa shape index (κ1) is 12.6. The second-order valence-corrected chi connectivity index (χ2v) is 4.17. The molecule has 1 aliphatic rings. The molecule has 18 heavy (non-hydrogen) atoms. The summed E-state index contributed by atoms with van der Waals surface area (Å²) in [5, 5.41) is 0. The van der Waals surface area contributed by atoms with Gasteiger partial charge in [-0.3, -0.25) is 4.79 Å². The molecule has 1 fully saturated rings. The van der Waals surface area contributed by atoms with Crippen molar-refractivity contribution in [3.05, 3.63) is 36.2 Å². The van der Waals surface area contributed by atoms with Crippen molar-refractivity contribution in [1.82, 2.24) is 0 Å². The molecule has 0 atom stereocenters. The van der Waals surface area contributed by atoms with Crippen LogP contribution in [-0.2, 0) is 9.53 Å². The molecular formula is C14H16FNO2. The van der Waals surface area contributed by atoms with E-state index in [1.54, 1.807) is 17.0 Å². The van der Waals surface area contributed by atoms with Gasteiger partial charge < -0.3 is 9.64 Å². The summed E-state index contributed by atoms with van der Waals surface area (Å²) in [5.74, 6) is -0.0502. The zero-order chi connectivity index (χ0) is 13.1. The minimum atomic E-state index is -0.411. The number of hydrogen-bond acceptors (Lipinski definition) is 2. The molecule has 0 unspecified atom stereocenters. The van der Waals surface area contributed by atoms with Crippen molar-refractivity contribution in [1.29, 1.82) is 0 Å². The fourth-order valence-electron chi connectivity index (χ4n) is 2.07. The Kier molecular flexibility index (Phi) is 3.65. The summed E-state index contributed by atoms with van der Waals surface area (Å²) in [7, 11) is 0. The van der Waals surface area contributed by atoms with Crippen molar-refractivity contribution in [2.75, 3.05) is 18.1 Å². The van der Waals surface area contributed by atoms with Crippen LogP contribution in [0.1, 0.15) is 25.3 Å². The maximum absolute atomic E-state index is 13.9. The Morgan fingerprint density at radius 3 is 2.89 bits per heavy atom. The molecule has 3 nitrogen and oxygen atoms in total. The van der Waals surface area contributed by atoms with Gasteiger partial charge in [0.05, 0.1) is 12.2 Å². The van der Waals surface area contributed by atoms with Crippen LogP contribution < -0.4 is 4.90 Å². The van der Waals surface area contributed by atoms with E-state index >= 15 is 0 Å². The Balaban J connectivity index is 2.24. The van der Waals surface area contributed by atoms with E-state index in [1.165, 1.54) is 6.07 Å². The van der Waals surface area contributed by atoms with Crippen LogP contribution in [0, 0.1) is 5.82 Å². The third-order valence-corrected chi connectivity index (χ3v) is 2.96. The summed E-state index contributed by atoms with van der Waals surface area (Å²) in [6, 6.07) is 4.70. The van der Waals surface area contributed by atoms with Crippen molar-refractivity contribution >= 4 is 17.4 Å². The van der Waals surface area contributed by atoms with Crippen LogP contribution in [0.4, 0.5) is 10.1 Å². The lowest BCUT2D eigenvalue weighted by molar-refractivity contribution is -0.117. The molecule has 0 aliphatic carbocycles. The minimum Gasteiger partial charge on any atom is -0.494 e. The molecule has 1 aliphatic heterocycles. The summed E-state index contributed by atoms with van der Waals surface area (Å²) in [4.78, 5) is 13.2. The van der Waals surface area contributed by atoms with E-state index in [2.05, 4.69) is 6.58 Å². The van der Waals surface area contributed by atoms with Crippen molar-refractivity contribution in [2.45, 2.75) is 19.8 Å². The van der Waals surface area contributed by atoms with Crippen molar-refractivity contribution in [3.63, 3.8) is 0 Å². The van der Waals surface area contributed by atoms with Crippen LogP contribution in [0.25, 0.3) is 5.76 Å². The third-order valence-electron chi connectivity index (χ3n) is 2.96. The first-order valence-electron chi connectivity index (χ1n) is 6.05.